The standard InChI is InChI=1S/C24H30N4O3/c1-31-18-12-10-16(11-13-18)14-21(23-26-19-7-3-4-8-20(19)27-23)28-24(30)25-15-17-6-2-5-9-22(17)29/h3-4,7-8,10-13,17,21-22,29H,2,5-6,9,14-15H2,1H3,(H,26,27)(H2,25,28,30)/t17-,21-,22+/m1/s1. The Hall–Kier alpha value is -3.06. The summed E-state index contributed by atoms with van der Waals surface area (Å²) in [5, 5.41) is 16.2. The number of nitrogens with one attached hydrogen (secondary N) is 3. The molecule has 3 atom stereocenters. The first-order valence-corrected chi connectivity index (χ1v) is 10.9. The molecule has 0 bridgehead atoms. The Kier molecular flexibility index (Phi) is 6.72. The maximum Gasteiger partial charge on any atom is 0.315 e. The molecule has 0 aliphatic heterocycles. The molecule has 0 saturated heterocycles. The van der Waals surface area contributed by atoms with Crippen molar-refractivity contribution in [3.05, 3.63) is 59.9 Å². The van der Waals surface area contributed by atoms with Crippen molar-refractivity contribution >= 4 is 17.1 Å². The highest BCUT2D eigenvalue weighted by Gasteiger charge is 2.24. The number of fused-ring (bicyclic) bond motifs is 1. The number of para-hydroxylation sites is 2. The zero-order valence-electron chi connectivity index (χ0n) is 17.8. The molecule has 2 aromatic carbocycles. The number of nitrogens with zero attached hydrogens (tertiary/aromatic N) is 1. The van der Waals surface area contributed by atoms with E-state index in [4.69, 9.17) is 9.72 Å². The minimum Gasteiger partial charge on any atom is -0.497 e. The molecule has 2 amide bonds. The molecule has 4 rings (SSSR count). The number of hydrogen-bond acceptors (Lipinski definition) is 4. The Bertz CT molecular complexity index is 968. The van der Waals surface area contributed by atoms with Gasteiger partial charge in [0.2, 0.25) is 0 Å². The number of carbonyl (C=O) groups excluding carboxylic acids is 1. The van der Waals surface area contributed by atoms with Gasteiger partial charge in [0.25, 0.3) is 0 Å². The summed E-state index contributed by atoms with van der Waals surface area (Å²) in [6, 6.07) is 15.1. The van der Waals surface area contributed by atoms with Crippen LogP contribution in [0.5, 0.6) is 5.75 Å². The zero-order valence-corrected chi connectivity index (χ0v) is 17.8. The van der Waals surface area contributed by atoms with Crippen LogP contribution in [0.25, 0.3) is 11.0 Å². The summed E-state index contributed by atoms with van der Waals surface area (Å²) in [4.78, 5) is 20.7. The fraction of sp³-hybridized carbons (Fsp3) is 0.417. The summed E-state index contributed by atoms with van der Waals surface area (Å²) in [6.07, 6.45) is 4.17. The van der Waals surface area contributed by atoms with Crippen LogP contribution in [0.3, 0.4) is 0 Å². The molecule has 1 aliphatic rings. The normalized spacial score (nSPS) is 19.7. The van der Waals surface area contributed by atoms with Crippen LogP contribution in [-0.2, 0) is 6.42 Å². The van der Waals surface area contributed by atoms with Crippen molar-refractivity contribution in [2.24, 2.45) is 5.92 Å². The second-order valence-corrected chi connectivity index (χ2v) is 8.21. The predicted molar refractivity (Wildman–Crippen MR) is 120 cm³/mol. The van der Waals surface area contributed by atoms with Gasteiger partial charge in [0, 0.05) is 12.5 Å². The van der Waals surface area contributed by atoms with Gasteiger partial charge < -0.3 is 25.5 Å². The molecule has 0 unspecified atom stereocenters. The van der Waals surface area contributed by atoms with Crippen LogP contribution in [-0.4, -0.2) is 40.9 Å². The first-order valence-electron chi connectivity index (χ1n) is 10.9. The van der Waals surface area contributed by atoms with Crippen LogP contribution >= 0.6 is 0 Å². The molecule has 4 N–H and O–H groups in total. The molecule has 31 heavy (non-hydrogen) atoms. The number of benzene rings is 2. The fourth-order valence-electron chi connectivity index (χ4n) is 4.21. The molecule has 1 aromatic heterocycles. The monoisotopic (exact) mass is 422 g/mol. The van der Waals surface area contributed by atoms with Crippen molar-refractivity contribution in [3.63, 3.8) is 0 Å². The predicted octanol–water partition coefficient (Wildman–Crippen LogP) is 3.71. The van der Waals surface area contributed by atoms with Gasteiger partial charge in [-0.3, -0.25) is 0 Å². The lowest BCUT2D eigenvalue weighted by Gasteiger charge is -2.28. The van der Waals surface area contributed by atoms with E-state index < -0.39 is 0 Å². The number of carbonyl (C=O) groups is 1. The van der Waals surface area contributed by atoms with Gasteiger partial charge in [0.05, 0.1) is 30.3 Å². The Morgan fingerprint density at radius 2 is 1.97 bits per heavy atom. The SMILES string of the molecule is COc1ccc(C[C@@H](NC(=O)NC[C@H]2CCCC[C@@H]2O)c2nc3ccccc3[nH]2)cc1. The number of aromatic nitrogens is 2. The third kappa shape index (κ3) is 5.35. The number of urea groups is 1. The van der Waals surface area contributed by atoms with Crippen molar-refractivity contribution in [2.75, 3.05) is 13.7 Å². The van der Waals surface area contributed by atoms with E-state index in [1.807, 2.05) is 48.5 Å². The van der Waals surface area contributed by atoms with E-state index in [0.717, 1.165) is 48.0 Å². The van der Waals surface area contributed by atoms with Crippen molar-refractivity contribution in [1.82, 2.24) is 20.6 Å². The van der Waals surface area contributed by atoms with E-state index in [0.29, 0.717) is 18.8 Å². The molecule has 1 heterocycles. The van der Waals surface area contributed by atoms with Gasteiger partial charge in [0.15, 0.2) is 0 Å². The molecular formula is C24H30N4O3. The number of rotatable bonds is 7. The topological polar surface area (TPSA) is 99.3 Å². The number of ether oxygens (including phenoxy) is 1. The van der Waals surface area contributed by atoms with Crippen LogP contribution in [0.15, 0.2) is 48.5 Å². The summed E-state index contributed by atoms with van der Waals surface area (Å²) in [5.74, 6) is 1.62. The average Bonchev–Trinajstić information content (AvgIpc) is 3.23. The lowest BCUT2D eigenvalue weighted by atomic mass is 9.86. The zero-order chi connectivity index (χ0) is 21.6. The second kappa shape index (κ2) is 9.83. The molecule has 0 spiro atoms. The van der Waals surface area contributed by atoms with Crippen molar-refractivity contribution in [3.8, 4) is 5.75 Å². The molecule has 7 heteroatoms. The molecule has 1 fully saturated rings. The van der Waals surface area contributed by atoms with E-state index in [1.54, 1.807) is 7.11 Å². The van der Waals surface area contributed by atoms with Gasteiger partial charge in [-0.05, 0) is 49.1 Å². The highest BCUT2D eigenvalue weighted by molar-refractivity contribution is 5.76. The van der Waals surface area contributed by atoms with E-state index in [1.165, 1.54) is 0 Å². The highest BCUT2D eigenvalue weighted by Crippen LogP contribution is 2.24. The van der Waals surface area contributed by atoms with Crippen LogP contribution in [0.4, 0.5) is 4.79 Å². The van der Waals surface area contributed by atoms with Crippen LogP contribution in [0.1, 0.15) is 43.1 Å². The number of imidazole rings is 1. The fourth-order valence-corrected chi connectivity index (χ4v) is 4.21. The highest BCUT2D eigenvalue weighted by atomic mass is 16.5. The largest absolute Gasteiger partial charge is 0.497 e. The Labute approximate surface area is 182 Å². The van der Waals surface area contributed by atoms with Crippen LogP contribution < -0.4 is 15.4 Å². The number of aliphatic hydroxyl groups excluding tert-OH is 1. The maximum absolute atomic E-state index is 12.7. The molecule has 3 aromatic rings. The van der Waals surface area contributed by atoms with Crippen molar-refractivity contribution in [2.45, 2.75) is 44.2 Å². The summed E-state index contributed by atoms with van der Waals surface area (Å²) < 4.78 is 5.24. The van der Waals surface area contributed by atoms with Gasteiger partial charge in [-0.2, -0.15) is 0 Å². The third-order valence-corrected chi connectivity index (χ3v) is 6.04. The minimum atomic E-state index is -0.334. The third-order valence-electron chi connectivity index (χ3n) is 6.04. The quantitative estimate of drug-likeness (QED) is 0.466. The van der Waals surface area contributed by atoms with E-state index in [2.05, 4.69) is 15.6 Å². The Morgan fingerprint density at radius 3 is 2.71 bits per heavy atom. The molecule has 164 valence electrons. The van der Waals surface area contributed by atoms with Gasteiger partial charge in [-0.25, -0.2) is 9.78 Å². The first-order chi connectivity index (χ1) is 15.1. The van der Waals surface area contributed by atoms with Crippen molar-refractivity contribution < 1.29 is 14.6 Å². The smallest absolute Gasteiger partial charge is 0.315 e. The van der Waals surface area contributed by atoms with Gasteiger partial charge in [-0.15, -0.1) is 0 Å². The summed E-state index contributed by atoms with van der Waals surface area (Å²) in [7, 11) is 1.64. The Morgan fingerprint density at radius 1 is 1.19 bits per heavy atom. The number of aliphatic hydroxyl groups is 1. The number of amides is 2. The maximum atomic E-state index is 12.7. The summed E-state index contributed by atoms with van der Waals surface area (Å²) in [5.41, 5.74) is 2.86. The lowest BCUT2D eigenvalue weighted by molar-refractivity contribution is 0.0708. The summed E-state index contributed by atoms with van der Waals surface area (Å²) >= 11 is 0. The molecule has 0 radical (unpaired) electrons. The second-order valence-electron chi connectivity index (χ2n) is 8.21. The van der Waals surface area contributed by atoms with E-state index in [-0.39, 0.29) is 24.1 Å². The molecular weight excluding hydrogens is 392 g/mol. The molecule has 7 nitrogen and oxygen atoms in total. The van der Waals surface area contributed by atoms with Gasteiger partial charge in [-0.1, -0.05) is 37.1 Å². The number of hydrogen-bond donors (Lipinski definition) is 4. The van der Waals surface area contributed by atoms with Crippen LogP contribution in [0, 0.1) is 5.92 Å². The first kappa shape index (κ1) is 21.2. The van der Waals surface area contributed by atoms with E-state index >= 15 is 0 Å². The number of H-pyrrole nitrogens is 1. The number of methoxy groups -OCH3 is 1. The minimum absolute atomic E-state index is 0.116. The summed E-state index contributed by atoms with van der Waals surface area (Å²) in [6.45, 7) is 0.475. The molecule has 1 aliphatic carbocycles. The average molecular weight is 423 g/mol. The van der Waals surface area contributed by atoms with Crippen LogP contribution in [0.2, 0.25) is 0 Å². The van der Waals surface area contributed by atoms with Gasteiger partial charge in [0.1, 0.15) is 11.6 Å². The Balaban J connectivity index is 1.47. The number of aromatic amines is 1. The van der Waals surface area contributed by atoms with E-state index in [9.17, 15) is 9.90 Å². The van der Waals surface area contributed by atoms with Gasteiger partial charge >= 0.3 is 6.03 Å². The van der Waals surface area contributed by atoms with Crippen molar-refractivity contribution in [1.29, 1.82) is 0 Å². The lowest BCUT2D eigenvalue weighted by Crippen LogP contribution is -2.43. The molecule has 1 saturated carbocycles.